The molecule has 0 spiro atoms. The van der Waals surface area contributed by atoms with Crippen LogP contribution in [0.3, 0.4) is 0 Å². The zero-order valence-electron chi connectivity index (χ0n) is 42.1. The molecular formula is C53H53F6N9O9. The SMILES string of the molecule is C=C(COC(=O)Nc1cc2cc3c(nc2cc1F)-c1cc2c(c(=O)n1C3)COC(=O)[C@]2(O)CC)C(=O)N1CCN(c2nc(OC[C@@]34CCCN3C[C@H](F)C4)nc3c2CO[C@@H](c2c(F)c(N)cc(C)c2C(F)(F)F)C3)[C@@H](C)C1. The molecule has 0 bridgehead atoms. The predicted molar refractivity (Wildman–Crippen MR) is 264 cm³/mol. The molecule has 6 aliphatic heterocycles. The molecule has 3 fully saturated rings. The molecule has 406 valence electrons. The fourth-order valence-corrected chi connectivity index (χ4v) is 12.0. The van der Waals surface area contributed by atoms with Gasteiger partial charge >= 0.3 is 24.2 Å². The number of hydrogen-bond acceptors (Lipinski definition) is 15. The minimum absolute atomic E-state index is 0.0360. The third kappa shape index (κ3) is 8.86. The summed E-state index contributed by atoms with van der Waals surface area (Å²) in [5, 5.41) is 13.9. The standard InChI is InChI=1S/C53H53F6N9O9/c1-5-52(73)33-14-39-44-29(19-68(39)47(70)31(33)22-75-48(52)71)12-28-13-38(34(55)15-36(28)61-44)63-50(72)76-21-26(3)46(69)65-9-10-67(27(4)18-65)45-32-23-74-40(41-42(53(57,58)59)25(2)11-35(60)43(41)56)16-37(32)62-49(64-45)77-24-51-7-6-8-66(51)20-30(54)17-51/h11-15,27,30,40,73H,3,5-10,16-24,60H2,1-2,4H3,(H,63,72)/t27-,30+,40+,51-,52-/m0/s1. The number of pyridine rings is 2. The molecule has 9 heterocycles. The van der Waals surface area contributed by atoms with Gasteiger partial charge in [-0.1, -0.05) is 13.5 Å². The van der Waals surface area contributed by atoms with Gasteiger partial charge in [0.1, 0.15) is 37.6 Å². The Morgan fingerprint density at radius 1 is 1.04 bits per heavy atom. The molecule has 6 aliphatic rings. The van der Waals surface area contributed by atoms with Gasteiger partial charge in [0.05, 0.1) is 69.9 Å². The lowest BCUT2D eigenvalue weighted by Crippen LogP contribution is -2.54. The number of aromatic nitrogens is 4. The van der Waals surface area contributed by atoms with Crippen molar-refractivity contribution in [3.05, 3.63) is 109 Å². The Labute approximate surface area is 435 Å². The number of halogens is 6. The number of rotatable bonds is 10. The number of cyclic esters (lactones) is 1. The molecule has 18 nitrogen and oxygen atoms in total. The number of nitrogen functional groups attached to an aromatic ring is 1. The molecular weight excluding hydrogens is 1020 g/mol. The van der Waals surface area contributed by atoms with Crippen LogP contribution in [0.5, 0.6) is 6.01 Å². The Bertz CT molecular complexity index is 3410. The van der Waals surface area contributed by atoms with Gasteiger partial charge in [0.15, 0.2) is 11.4 Å². The topological polar surface area (TPSA) is 217 Å². The first kappa shape index (κ1) is 51.8. The lowest BCUT2D eigenvalue weighted by atomic mass is 9.86. The number of piperazine rings is 1. The molecule has 2 amide bonds. The van der Waals surface area contributed by atoms with Gasteiger partial charge in [-0.2, -0.15) is 23.1 Å². The quantitative estimate of drug-likeness (QED) is 0.0565. The van der Waals surface area contributed by atoms with Gasteiger partial charge in [-0.25, -0.2) is 27.7 Å². The average molecular weight is 1070 g/mol. The van der Waals surface area contributed by atoms with Crippen LogP contribution < -0.4 is 26.2 Å². The lowest BCUT2D eigenvalue weighted by Gasteiger charge is -2.42. The van der Waals surface area contributed by atoms with Crippen molar-refractivity contribution in [2.75, 3.05) is 61.9 Å². The van der Waals surface area contributed by atoms with Gasteiger partial charge in [-0.15, -0.1) is 0 Å². The van der Waals surface area contributed by atoms with Crippen LogP contribution in [0.15, 0.2) is 47.3 Å². The number of fused-ring (bicyclic) bond motifs is 7. The number of nitrogens with one attached hydrogen (secondary N) is 1. The number of anilines is 3. The van der Waals surface area contributed by atoms with Crippen molar-refractivity contribution < 1.29 is 64.8 Å². The van der Waals surface area contributed by atoms with Crippen molar-refractivity contribution in [3.63, 3.8) is 0 Å². The molecule has 24 heteroatoms. The first-order valence-electron chi connectivity index (χ1n) is 25.2. The van der Waals surface area contributed by atoms with E-state index in [1.165, 1.54) is 22.5 Å². The summed E-state index contributed by atoms with van der Waals surface area (Å²) in [7, 11) is 0. The molecule has 3 saturated heterocycles. The molecule has 0 unspecified atom stereocenters. The number of hydrogen-bond donors (Lipinski definition) is 3. The molecule has 77 heavy (non-hydrogen) atoms. The predicted octanol–water partition coefficient (Wildman–Crippen LogP) is 6.67. The Morgan fingerprint density at radius 2 is 1.83 bits per heavy atom. The zero-order valence-corrected chi connectivity index (χ0v) is 42.1. The van der Waals surface area contributed by atoms with Gasteiger partial charge in [-0.3, -0.25) is 19.8 Å². The normalized spacial score (nSPS) is 23.7. The third-order valence-corrected chi connectivity index (χ3v) is 15.9. The molecule has 0 radical (unpaired) electrons. The number of carbonyl (C=O) groups excluding carboxylic acids is 3. The fourth-order valence-electron chi connectivity index (χ4n) is 12.0. The summed E-state index contributed by atoms with van der Waals surface area (Å²) in [5.41, 5.74) is 2.22. The molecule has 11 rings (SSSR count). The minimum atomic E-state index is -4.93. The number of esters is 1. The van der Waals surface area contributed by atoms with Crippen molar-refractivity contribution in [2.45, 2.75) is 108 Å². The highest BCUT2D eigenvalue weighted by Gasteiger charge is 2.50. The second-order valence-electron chi connectivity index (χ2n) is 20.7. The Morgan fingerprint density at radius 3 is 2.58 bits per heavy atom. The summed E-state index contributed by atoms with van der Waals surface area (Å²) in [4.78, 5) is 72.5. The van der Waals surface area contributed by atoms with Crippen LogP contribution in [-0.4, -0.2) is 116 Å². The van der Waals surface area contributed by atoms with Crippen LogP contribution in [0, 0.1) is 18.6 Å². The third-order valence-electron chi connectivity index (χ3n) is 15.9. The summed E-state index contributed by atoms with van der Waals surface area (Å²) in [5.74, 6) is -3.18. The maximum Gasteiger partial charge on any atom is 0.417 e. The number of nitrogens with zero attached hydrogens (tertiary/aromatic N) is 7. The Balaban J connectivity index is 0.768. The summed E-state index contributed by atoms with van der Waals surface area (Å²) >= 11 is 0. The average Bonchev–Trinajstić information content (AvgIpc) is 4.06. The van der Waals surface area contributed by atoms with Gasteiger partial charge < -0.3 is 44.2 Å². The van der Waals surface area contributed by atoms with E-state index in [0.717, 1.165) is 18.6 Å². The van der Waals surface area contributed by atoms with Gasteiger partial charge in [0.25, 0.3) is 11.5 Å². The van der Waals surface area contributed by atoms with Crippen molar-refractivity contribution in [3.8, 4) is 17.4 Å². The van der Waals surface area contributed by atoms with Crippen LogP contribution in [-0.2, 0) is 61.8 Å². The summed E-state index contributed by atoms with van der Waals surface area (Å²) in [6, 6.07) is 6.04. The number of aliphatic hydroxyl groups is 1. The molecule has 3 aromatic heterocycles. The van der Waals surface area contributed by atoms with Crippen LogP contribution >= 0.6 is 0 Å². The largest absolute Gasteiger partial charge is 0.461 e. The summed E-state index contributed by atoms with van der Waals surface area (Å²) < 4.78 is 114. The van der Waals surface area contributed by atoms with E-state index in [1.807, 2.05) is 11.8 Å². The first-order valence-corrected chi connectivity index (χ1v) is 25.2. The van der Waals surface area contributed by atoms with Gasteiger partial charge in [-0.05, 0) is 69.5 Å². The van der Waals surface area contributed by atoms with E-state index in [1.54, 1.807) is 19.1 Å². The van der Waals surface area contributed by atoms with Gasteiger partial charge in [0, 0.05) is 84.3 Å². The number of ether oxygens (including phenoxy) is 4. The smallest absolute Gasteiger partial charge is 0.417 e. The molecule has 0 aliphatic carbocycles. The lowest BCUT2D eigenvalue weighted by molar-refractivity contribution is -0.172. The van der Waals surface area contributed by atoms with Crippen LogP contribution in [0.1, 0.15) is 90.3 Å². The number of amides is 2. The number of aryl methyl sites for hydroxylation is 1. The first-order chi connectivity index (χ1) is 36.6. The molecule has 5 aromatic rings. The highest BCUT2D eigenvalue weighted by atomic mass is 19.4. The number of nitrogens with two attached hydrogens (primary N) is 1. The van der Waals surface area contributed by atoms with E-state index in [0.29, 0.717) is 46.7 Å². The Kier molecular flexibility index (Phi) is 12.8. The van der Waals surface area contributed by atoms with E-state index in [-0.39, 0.29) is 117 Å². The van der Waals surface area contributed by atoms with Crippen molar-refractivity contribution in [2.24, 2.45) is 0 Å². The maximum absolute atomic E-state index is 15.7. The second-order valence-corrected chi connectivity index (χ2v) is 20.7. The summed E-state index contributed by atoms with van der Waals surface area (Å²) in [6.07, 6.45) is -7.05. The Hall–Kier alpha value is -7.31. The van der Waals surface area contributed by atoms with Crippen LogP contribution in [0.25, 0.3) is 22.3 Å². The minimum Gasteiger partial charge on any atom is -0.461 e. The number of benzene rings is 2. The van der Waals surface area contributed by atoms with Crippen molar-refractivity contribution in [1.29, 1.82) is 0 Å². The van der Waals surface area contributed by atoms with Crippen molar-refractivity contribution in [1.82, 2.24) is 29.3 Å². The van der Waals surface area contributed by atoms with Crippen LogP contribution in [0.2, 0.25) is 0 Å². The van der Waals surface area contributed by atoms with E-state index in [2.05, 4.69) is 26.8 Å². The van der Waals surface area contributed by atoms with Gasteiger partial charge in [0.2, 0.25) is 0 Å². The highest BCUT2D eigenvalue weighted by Crippen LogP contribution is 2.46. The molecule has 2 aromatic carbocycles. The fraction of sp³-hybridized carbons (Fsp3) is 0.453. The van der Waals surface area contributed by atoms with E-state index in [9.17, 15) is 41.8 Å². The maximum atomic E-state index is 15.7. The molecule has 0 saturated carbocycles. The van der Waals surface area contributed by atoms with Crippen molar-refractivity contribution >= 4 is 46.1 Å². The summed E-state index contributed by atoms with van der Waals surface area (Å²) in [6.45, 7) is 8.81. The second kappa shape index (κ2) is 19.0. The van der Waals surface area contributed by atoms with E-state index < -0.39 is 94.2 Å². The molecule has 4 N–H and O–H groups in total. The number of alkyl halides is 4. The highest BCUT2D eigenvalue weighted by molar-refractivity contribution is 5.95. The number of carbonyl (C=O) groups is 3. The van der Waals surface area contributed by atoms with E-state index >= 15 is 8.78 Å². The van der Waals surface area contributed by atoms with Crippen LogP contribution in [0.4, 0.5) is 48.3 Å². The monoisotopic (exact) mass is 1070 g/mol. The zero-order chi connectivity index (χ0) is 54.6. The molecule has 5 atom stereocenters. The van der Waals surface area contributed by atoms with E-state index in [4.69, 9.17) is 29.7 Å².